The van der Waals surface area contributed by atoms with Gasteiger partial charge in [-0.2, -0.15) is 0 Å². The van der Waals surface area contributed by atoms with E-state index in [0.29, 0.717) is 24.5 Å². The van der Waals surface area contributed by atoms with Gasteiger partial charge in [-0.25, -0.2) is 4.98 Å². The number of hydrogen-bond acceptors (Lipinski definition) is 5. The lowest BCUT2D eigenvalue weighted by Gasteiger charge is -2.17. The van der Waals surface area contributed by atoms with Gasteiger partial charge in [-0.1, -0.05) is 25.1 Å². The third-order valence-corrected chi connectivity index (χ3v) is 6.47. The Bertz CT molecular complexity index is 1220. The van der Waals surface area contributed by atoms with Gasteiger partial charge in [0, 0.05) is 49.8 Å². The Morgan fingerprint density at radius 3 is 2.70 bits per heavy atom. The molecule has 2 aromatic carbocycles. The highest BCUT2D eigenvalue weighted by atomic mass is 16.5. The highest BCUT2D eigenvalue weighted by molar-refractivity contribution is 6.00. The zero-order valence-electron chi connectivity index (χ0n) is 21.3. The highest BCUT2D eigenvalue weighted by Crippen LogP contribution is 2.27. The van der Waals surface area contributed by atoms with Crippen LogP contribution in [0, 0.1) is 12.8 Å². The predicted octanol–water partition coefficient (Wildman–Crippen LogP) is 3.33. The van der Waals surface area contributed by atoms with Crippen LogP contribution in [0.25, 0.3) is 0 Å². The highest BCUT2D eigenvalue weighted by Gasteiger charge is 2.34. The van der Waals surface area contributed by atoms with E-state index < -0.39 is 0 Å². The van der Waals surface area contributed by atoms with E-state index >= 15 is 0 Å². The second-order valence-electron chi connectivity index (χ2n) is 9.14. The molecular weight excluding hydrogens is 470 g/mol. The van der Waals surface area contributed by atoms with Gasteiger partial charge in [0.25, 0.3) is 5.91 Å². The maximum absolute atomic E-state index is 12.6. The summed E-state index contributed by atoms with van der Waals surface area (Å²) in [6.45, 7) is 5.55. The van der Waals surface area contributed by atoms with Crippen LogP contribution in [0.3, 0.4) is 0 Å². The molecule has 3 aromatic rings. The van der Waals surface area contributed by atoms with Gasteiger partial charge in [0.2, 0.25) is 11.8 Å². The van der Waals surface area contributed by atoms with Crippen molar-refractivity contribution in [2.45, 2.75) is 39.7 Å². The topological polar surface area (TPSA) is 106 Å². The molecule has 0 spiro atoms. The molecule has 194 valence electrons. The number of benzene rings is 2. The molecule has 4 rings (SSSR count). The minimum atomic E-state index is -0.380. The molecule has 1 aromatic heterocycles. The molecule has 2 N–H and O–H groups in total. The SMILES string of the molecule is CCc1cccc(C)c1NC(=O)COc1ccc(N2C[C@@H](C(=O)NCCCn3ccnc3)CC2=O)cc1. The molecule has 3 amide bonds. The quantitative estimate of drug-likeness (QED) is 0.391. The molecule has 1 atom stereocenters. The van der Waals surface area contributed by atoms with E-state index in [-0.39, 0.29) is 36.7 Å². The first kappa shape index (κ1) is 25.9. The van der Waals surface area contributed by atoms with Crippen LogP contribution in [0.2, 0.25) is 0 Å². The number of imidazole rings is 1. The maximum Gasteiger partial charge on any atom is 0.262 e. The number of nitrogens with one attached hydrogen (secondary N) is 2. The Hall–Kier alpha value is -4.14. The van der Waals surface area contributed by atoms with E-state index in [1.165, 1.54) is 0 Å². The van der Waals surface area contributed by atoms with Crippen molar-refractivity contribution in [3.05, 3.63) is 72.3 Å². The summed E-state index contributed by atoms with van der Waals surface area (Å²) in [5, 5.41) is 5.88. The molecule has 9 nitrogen and oxygen atoms in total. The largest absolute Gasteiger partial charge is 0.484 e. The molecule has 0 aliphatic carbocycles. The average molecular weight is 504 g/mol. The van der Waals surface area contributed by atoms with Crippen LogP contribution in [0.4, 0.5) is 11.4 Å². The molecule has 0 radical (unpaired) electrons. The Morgan fingerprint density at radius 1 is 1.16 bits per heavy atom. The molecule has 0 bridgehead atoms. The van der Waals surface area contributed by atoms with Crippen LogP contribution in [0.1, 0.15) is 30.9 Å². The van der Waals surface area contributed by atoms with E-state index in [1.54, 1.807) is 41.7 Å². The van der Waals surface area contributed by atoms with Gasteiger partial charge >= 0.3 is 0 Å². The summed E-state index contributed by atoms with van der Waals surface area (Å²) >= 11 is 0. The molecule has 1 aliphatic heterocycles. The summed E-state index contributed by atoms with van der Waals surface area (Å²) in [5.74, 6) is -0.279. The number of nitrogens with zero attached hydrogens (tertiary/aromatic N) is 3. The lowest BCUT2D eigenvalue weighted by atomic mass is 10.1. The fourth-order valence-electron chi connectivity index (χ4n) is 4.42. The lowest BCUT2D eigenvalue weighted by Crippen LogP contribution is -2.33. The molecule has 1 fully saturated rings. The monoisotopic (exact) mass is 503 g/mol. The van der Waals surface area contributed by atoms with Crippen molar-refractivity contribution >= 4 is 29.1 Å². The molecular formula is C28H33N5O4. The van der Waals surface area contributed by atoms with Crippen LogP contribution in [0.5, 0.6) is 5.75 Å². The molecule has 1 saturated heterocycles. The lowest BCUT2D eigenvalue weighted by molar-refractivity contribution is -0.126. The zero-order valence-corrected chi connectivity index (χ0v) is 21.3. The number of anilines is 2. The number of ether oxygens (including phenoxy) is 1. The maximum atomic E-state index is 12.6. The third-order valence-electron chi connectivity index (χ3n) is 6.47. The third kappa shape index (κ3) is 6.75. The van der Waals surface area contributed by atoms with Crippen LogP contribution >= 0.6 is 0 Å². The number of hydrogen-bond donors (Lipinski definition) is 2. The minimum Gasteiger partial charge on any atom is -0.484 e. The van der Waals surface area contributed by atoms with Crippen molar-refractivity contribution in [3.8, 4) is 5.75 Å². The van der Waals surface area contributed by atoms with Gasteiger partial charge in [0.1, 0.15) is 5.75 Å². The summed E-state index contributed by atoms with van der Waals surface area (Å²) in [5.41, 5.74) is 3.62. The van der Waals surface area contributed by atoms with E-state index in [9.17, 15) is 14.4 Å². The summed E-state index contributed by atoms with van der Waals surface area (Å²) < 4.78 is 7.61. The Balaban J connectivity index is 1.24. The van der Waals surface area contributed by atoms with Crippen molar-refractivity contribution < 1.29 is 19.1 Å². The van der Waals surface area contributed by atoms with Gasteiger partial charge in [-0.15, -0.1) is 0 Å². The van der Waals surface area contributed by atoms with Crippen LogP contribution < -0.4 is 20.3 Å². The summed E-state index contributed by atoms with van der Waals surface area (Å²) in [6.07, 6.45) is 7.15. The first-order chi connectivity index (χ1) is 17.9. The Labute approximate surface area is 216 Å². The standard InChI is InChI=1S/C28H33N5O4/c1-3-21-7-4-6-20(2)27(21)31-25(34)18-37-24-10-8-23(9-11-24)33-17-22(16-26(33)35)28(36)30-12-5-14-32-15-13-29-19-32/h4,6-11,13,15,19,22H,3,5,12,14,16-18H2,1-2H3,(H,30,36)(H,31,34)/t22-/m0/s1. The summed E-state index contributed by atoms with van der Waals surface area (Å²) in [7, 11) is 0. The average Bonchev–Trinajstić information content (AvgIpc) is 3.56. The van der Waals surface area contributed by atoms with Crippen molar-refractivity contribution in [1.29, 1.82) is 0 Å². The normalized spacial score (nSPS) is 15.0. The first-order valence-corrected chi connectivity index (χ1v) is 12.6. The van der Waals surface area contributed by atoms with Crippen molar-refractivity contribution in [2.75, 3.05) is 29.9 Å². The van der Waals surface area contributed by atoms with Gasteiger partial charge in [0.05, 0.1) is 12.2 Å². The van der Waals surface area contributed by atoms with Crippen molar-refractivity contribution in [3.63, 3.8) is 0 Å². The van der Waals surface area contributed by atoms with Gasteiger partial charge in [-0.3, -0.25) is 14.4 Å². The van der Waals surface area contributed by atoms with E-state index in [2.05, 4.69) is 15.6 Å². The molecule has 37 heavy (non-hydrogen) atoms. The molecule has 9 heteroatoms. The number of para-hydroxylation sites is 1. The summed E-state index contributed by atoms with van der Waals surface area (Å²) in [4.78, 5) is 43.2. The zero-order chi connectivity index (χ0) is 26.2. The van der Waals surface area contributed by atoms with E-state index in [4.69, 9.17) is 4.74 Å². The van der Waals surface area contributed by atoms with Crippen LogP contribution in [-0.4, -0.2) is 47.0 Å². The van der Waals surface area contributed by atoms with Crippen LogP contribution in [-0.2, 0) is 27.3 Å². The van der Waals surface area contributed by atoms with Gasteiger partial charge in [0.15, 0.2) is 6.61 Å². The van der Waals surface area contributed by atoms with E-state index in [0.717, 1.165) is 36.2 Å². The Morgan fingerprint density at radius 2 is 1.97 bits per heavy atom. The van der Waals surface area contributed by atoms with E-state index in [1.807, 2.05) is 42.8 Å². The molecule has 0 unspecified atom stereocenters. The van der Waals surface area contributed by atoms with Crippen molar-refractivity contribution in [2.24, 2.45) is 5.92 Å². The van der Waals surface area contributed by atoms with Gasteiger partial charge < -0.3 is 24.8 Å². The molecule has 1 aliphatic rings. The number of aryl methyl sites for hydroxylation is 3. The first-order valence-electron chi connectivity index (χ1n) is 12.6. The second-order valence-corrected chi connectivity index (χ2v) is 9.14. The number of aromatic nitrogens is 2. The predicted molar refractivity (Wildman–Crippen MR) is 141 cm³/mol. The van der Waals surface area contributed by atoms with Crippen molar-refractivity contribution in [1.82, 2.24) is 14.9 Å². The van der Waals surface area contributed by atoms with Gasteiger partial charge in [-0.05, 0) is 55.2 Å². The molecule has 2 heterocycles. The number of rotatable bonds is 11. The Kier molecular flexibility index (Phi) is 8.56. The fourth-order valence-corrected chi connectivity index (χ4v) is 4.42. The molecule has 0 saturated carbocycles. The summed E-state index contributed by atoms with van der Waals surface area (Å²) in [6, 6.07) is 12.9. The number of carbonyl (C=O) groups excluding carboxylic acids is 3. The minimum absolute atomic E-state index is 0.0865. The smallest absolute Gasteiger partial charge is 0.262 e. The number of carbonyl (C=O) groups is 3. The number of amides is 3. The fraction of sp³-hybridized carbons (Fsp3) is 0.357. The van der Waals surface area contributed by atoms with Crippen LogP contribution in [0.15, 0.2) is 61.2 Å². The second kappa shape index (κ2) is 12.2.